The molecule has 140 valence electrons. The van der Waals surface area contributed by atoms with Crippen LogP contribution in [0.2, 0.25) is 0 Å². The molecule has 1 heterocycles. The summed E-state index contributed by atoms with van der Waals surface area (Å²) >= 11 is 0. The highest BCUT2D eigenvalue weighted by Crippen LogP contribution is 2.32. The number of carbonyl (C=O) groups is 1. The Morgan fingerprint density at radius 2 is 1.88 bits per heavy atom. The molecule has 1 aliphatic carbocycles. The molecule has 1 aliphatic rings. The van der Waals surface area contributed by atoms with Crippen LogP contribution in [0.25, 0.3) is 0 Å². The van der Waals surface area contributed by atoms with Gasteiger partial charge in [0.25, 0.3) is 0 Å². The minimum absolute atomic E-state index is 0.0914. The van der Waals surface area contributed by atoms with E-state index >= 15 is 0 Å². The Morgan fingerprint density at radius 1 is 1.23 bits per heavy atom. The van der Waals surface area contributed by atoms with Gasteiger partial charge in [-0.25, -0.2) is 13.1 Å². The van der Waals surface area contributed by atoms with Crippen LogP contribution in [0.15, 0.2) is 33.7 Å². The fourth-order valence-electron chi connectivity index (χ4n) is 2.42. The lowest BCUT2D eigenvalue weighted by molar-refractivity contribution is 0.0967. The van der Waals surface area contributed by atoms with E-state index in [-0.39, 0.29) is 28.6 Å². The number of carbonyl (C=O) groups excluding carboxylic acids is 1. The molecule has 7 nitrogen and oxygen atoms in total. The van der Waals surface area contributed by atoms with E-state index < -0.39 is 10.0 Å². The molecule has 1 saturated carbocycles. The Hall–Kier alpha value is -2.06. The lowest BCUT2D eigenvalue weighted by Gasteiger charge is -2.10. The fraction of sp³-hybridized carbons (Fsp3) is 0.500. The van der Waals surface area contributed by atoms with Gasteiger partial charge in [0.1, 0.15) is 0 Å². The zero-order valence-electron chi connectivity index (χ0n) is 15.2. The van der Waals surface area contributed by atoms with Gasteiger partial charge in [0, 0.05) is 29.9 Å². The lowest BCUT2D eigenvalue weighted by Crippen LogP contribution is -2.26. The third-order valence-corrected chi connectivity index (χ3v) is 5.62. The molecule has 0 spiro atoms. The minimum Gasteiger partial charge on any atom is -0.339 e. The summed E-state index contributed by atoms with van der Waals surface area (Å²) in [5, 5.41) is 3.87. The Labute approximate surface area is 153 Å². The molecule has 0 aliphatic heterocycles. The number of nitrogens with zero attached hydrogens (tertiary/aromatic N) is 2. The number of hydrogen-bond donors (Lipinski definition) is 1. The molecule has 0 bridgehead atoms. The zero-order chi connectivity index (χ0) is 18.9. The van der Waals surface area contributed by atoms with Crippen LogP contribution < -0.4 is 4.72 Å². The van der Waals surface area contributed by atoms with Gasteiger partial charge in [-0.3, -0.25) is 4.79 Å². The summed E-state index contributed by atoms with van der Waals surface area (Å²) in [6.45, 7) is 6.05. The van der Waals surface area contributed by atoms with Gasteiger partial charge in [-0.05, 0) is 25.0 Å². The third-order valence-electron chi connectivity index (χ3n) is 4.15. The van der Waals surface area contributed by atoms with E-state index in [1.54, 1.807) is 12.1 Å². The van der Waals surface area contributed by atoms with Crippen molar-refractivity contribution < 1.29 is 17.7 Å². The minimum atomic E-state index is -3.65. The van der Waals surface area contributed by atoms with Crippen molar-refractivity contribution in [3.05, 3.63) is 41.5 Å². The average molecular weight is 377 g/mol. The summed E-state index contributed by atoms with van der Waals surface area (Å²) < 4.78 is 32.4. The first-order valence-corrected chi connectivity index (χ1v) is 10.1. The van der Waals surface area contributed by atoms with E-state index in [0.717, 1.165) is 12.8 Å². The van der Waals surface area contributed by atoms with Crippen molar-refractivity contribution in [2.24, 2.45) is 5.92 Å². The van der Waals surface area contributed by atoms with Crippen LogP contribution in [0.3, 0.4) is 0 Å². The number of nitrogens with one attached hydrogen (secondary N) is 1. The quantitative estimate of drug-likeness (QED) is 0.744. The number of ketones is 1. The molecular weight excluding hydrogens is 354 g/mol. The fourth-order valence-corrected chi connectivity index (χ4v) is 3.45. The molecule has 8 heteroatoms. The maximum absolute atomic E-state index is 12.4. The highest BCUT2D eigenvalue weighted by atomic mass is 32.2. The van der Waals surface area contributed by atoms with Crippen LogP contribution in [0, 0.1) is 5.92 Å². The molecule has 2 aromatic rings. The Bertz CT molecular complexity index is 891. The van der Waals surface area contributed by atoms with Gasteiger partial charge in [-0.2, -0.15) is 4.98 Å². The van der Waals surface area contributed by atoms with Gasteiger partial charge in [-0.1, -0.05) is 38.1 Å². The second-order valence-electron chi connectivity index (χ2n) is 7.58. The van der Waals surface area contributed by atoms with Gasteiger partial charge < -0.3 is 4.52 Å². The average Bonchev–Trinajstić information content (AvgIpc) is 3.31. The van der Waals surface area contributed by atoms with Crippen LogP contribution in [-0.2, 0) is 21.9 Å². The number of rotatable bonds is 7. The zero-order valence-corrected chi connectivity index (χ0v) is 16.0. The maximum atomic E-state index is 12.4. The van der Waals surface area contributed by atoms with Crippen molar-refractivity contribution in [1.29, 1.82) is 0 Å². The summed E-state index contributed by atoms with van der Waals surface area (Å²) in [4.78, 5) is 16.4. The third kappa shape index (κ3) is 4.37. The second kappa shape index (κ2) is 6.92. The Morgan fingerprint density at radius 3 is 2.42 bits per heavy atom. The molecule has 0 saturated heterocycles. The van der Waals surface area contributed by atoms with Gasteiger partial charge in [0.05, 0.1) is 4.90 Å². The molecule has 0 atom stereocenters. The van der Waals surface area contributed by atoms with E-state index in [4.69, 9.17) is 4.52 Å². The normalized spacial score (nSPS) is 15.2. The monoisotopic (exact) mass is 377 g/mol. The van der Waals surface area contributed by atoms with Crippen molar-refractivity contribution in [1.82, 2.24) is 14.9 Å². The molecule has 26 heavy (non-hydrogen) atoms. The van der Waals surface area contributed by atoms with E-state index in [9.17, 15) is 13.2 Å². The van der Waals surface area contributed by atoms with Crippen LogP contribution in [0.1, 0.15) is 55.7 Å². The first kappa shape index (κ1) is 18.7. The maximum Gasteiger partial charge on any atom is 0.240 e. The van der Waals surface area contributed by atoms with E-state index in [2.05, 4.69) is 14.9 Å². The summed E-state index contributed by atoms with van der Waals surface area (Å²) in [6, 6.07) is 6.07. The molecular formula is C18H23N3O4S. The van der Waals surface area contributed by atoms with E-state index in [1.807, 2.05) is 20.8 Å². The van der Waals surface area contributed by atoms with Crippen molar-refractivity contribution in [3.63, 3.8) is 0 Å². The van der Waals surface area contributed by atoms with E-state index in [1.165, 1.54) is 12.1 Å². The molecule has 0 amide bonds. The Balaban J connectivity index is 1.58. The van der Waals surface area contributed by atoms with Crippen molar-refractivity contribution in [3.8, 4) is 0 Å². The van der Waals surface area contributed by atoms with Crippen molar-refractivity contribution in [2.45, 2.75) is 50.3 Å². The smallest absolute Gasteiger partial charge is 0.240 e. The number of aromatic nitrogens is 2. The predicted octanol–water partition coefficient (Wildman–Crippen LogP) is 2.48. The summed E-state index contributed by atoms with van der Waals surface area (Å²) in [7, 11) is -3.65. The predicted molar refractivity (Wildman–Crippen MR) is 95.4 cm³/mol. The highest BCUT2D eigenvalue weighted by molar-refractivity contribution is 7.89. The first-order valence-electron chi connectivity index (χ1n) is 8.64. The molecule has 3 rings (SSSR count). The number of Topliss-reactive ketones (excluding diaryl/α,β-unsaturated/α-hetero) is 1. The topological polar surface area (TPSA) is 102 Å². The molecule has 1 N–H and O–H groups in total. The largest absolute Gasteiger partial charge is 0.339 e. The second-order valence-corrected chi connectivity index (χ2v) is 9.34. The van der Waals surface area contributed by atoms with Gasteiger partial charge in [0.2, 0.25) is 15.9 Å². The molecule has 1 aromatic carbocycles. The van der Waals surface area contributed by atoms with Crippen LogP contribution in [0.5, 0.6) is 0 Å². The molecule has 0 radical (unpaired) electrons. The van der Waals surface area contributed by atoms with Gasteiger partial charge >= 0.3 is 0 Å². The van der Waals surface area contributed by atoms with Crippen LogP contribution >= 0.6 is 0 Å². The molecule has 1 fully saturated rings. The molecule has 1 aromatic heterocycles. The van der Waals surface area contributed by atoms with Crippen molar-refractivity contribution in [2.75, 3.05) is 6.54 Å². The summed E-state index contributed by atoms with van der Waals surface area (Å²) in [5.74, 6) is 1.19. The van der Waals surface area contributed by atoms with Crippen LogP contribution in [-0.4, -0.2) is 30.9 Å². The van der Waals surface area contributed by atoms with Crippen molar-refractivity contribution >= 4 is 15.8 Å². The van der Waals surface area contributed by atoms with E-state index in [0.29, 0.717) is 23.7 Å². The number of sulfonamides is 1. The number of benzene rings is 1. The lowest BCUT2D eigenvalue weighted by atomic mass is 9.97. The summed E-state index contributed by atoms with van der Waals surface area (Å²) in [5.41, 5.74) is 0.317. The standard InChI is InChI=1S/C18H23N3O4S/c1-18(2,3)17-20-15(21-25-17)10-11-19-26(23,24)14-8-6-13(7-9-14)16(22)12-4-5-12/h6-9,12,19H,4-5,10-11H2,1-3H3. The molecule has 0 unspecified atom stereocenters. The first-order chi connectivity index (χ1) is 12.2. The highest BCUT2D eigenvalue weighted by Gasteiger charge is 2.30. The van der Waals surface area contributed by atoms with Gasteiger partial charge in [-0.15, -0.1) is 0 Å². The SMILES string of the molecule is CC(C)(C)c1nc(CCNS(=O)(=O)c2ccc(C(=O)C3CC3)cc2)no1. The Kier molecular flexibility index (Phi) is 4.98. The van der Waals surface area contributed by atoms with Crippen LogP contribution in [0.4, 0.5) is 0 Å². The number of hydrogen-bond acceptors (Lipinski definition) is 6. The summed E-state index contributed by atoms with van der Waals surface area (Å²) in [6.07, 6.45) is 2.18. The van der Waals surface area contributed by atoms with Gasteiger partial charge in [0.15, 0.2) is 11.6 Å².